The standard InChI is InChI=1S/C12H20N2O5/c1-3-8(10(15)16)13-12(18)14-7-5-6-9(14)11(17)19-4-2/h8-9H,3-7H2,1-2H3,(H,13,18)(H,15,16). The van der Waals surface area contributed by atoms with E-state index in [2.05, 4.69) is 5.32 Å². The number of nitrogens with zero attached hydrogens (tertiary/aromatic N) is 1. The average molecular weight is 272 g/mol. The van der Waals surface area contributed by atoms with Crippen LogP contribution in [0.15, 0.2) is 0 Å². The molecule has 2 unspecified atom stereocenters. The van der Waals surface area contributed by atoms with Gasteiger partial charge in [-0.1, -0.05) is 6.92 Å². The van der Waals surface area contributed by atoms with Gasteiger partial charge in [-0.3, -0.25) is 0 Å². The van der Waals surface area contributed by atoms with Gasteiger partial charge in [-0.25, -0.2) is 14.4 Å². The maximum absolute atomic E-state index is 12.0. The summed E-state index contributed by atoms with van der Waals surface area (Å²) < 4.78 is 4.91. The van der Waals surface area contributed by atoms with Crippen molar-refractivity contribution < 1.29 is 24.2 Å². The molecule has 2 amide bonds. The SMILES string of the molecule is CCOC(=O)C1CCCN1C(=O)NC(CC)C(=O)O. The van der Waals surface area contributed by atoms with Gasteiger partial charge in [0.15, 0.2) is 0 Å². The molecule has 1 aliphatic rings. The second-order valence-electron chi connectivity index (χ2n) is 4.35. The van der Waals surface area contributed by atoms with Crippen LogP contribution in [0.3, 0.4) is 0 Å². The topological polar surface area (TPSA) is 95.9 Å². The van der Waals surface area contributed by atoms with Crippen LogP contribution in [0.5, 0.6) is 0 Å². The summed E-state index contributed by atoms with van der Waals surface area (Å²) in [7, 11) is 0. The first-order valence-corrected chi connectivity index (χ1v) is 6.47. The Hall–Kier alpha value is -1.79. The minimum atomic E-state index is -1.08. The number of urea groups is 1. The van der Waals surface area contributed by atoms with Crippen LogP contribution in [-0.4, -0.2) is 53.2 Å². The number of likely N-dealkylation sites (tertiary alicyclic amines) is 1. The number of esters is 1. The second-order valence-corrected chi connectivity index (χ2v) is 4.35. The van der Waals surface area contributed by atoms with Gasteiger partial charge >= 0.3 is 18.0 Å². The third-order valence-electron chi connectivity index (χ3n) is 3.08. The first kappa shape index (κ1) is 15.3. The number of amides is 2. The Morgan fingerprint density at radius 3 is 2.63 bits per heavy atom. The van der Waals surface area contributed by atoms with Gasteiger partial charge in [0.2, 0.25) is 0 Å². The van der Waals surface area contributed by atoms with Crippen LogP contribution in [0, 0.1) is 0 Å². The van der Waals surface area contributed by atoms with E-state index in [1.807, 2.05) is 0 Å². The van der Waals surface area contributed by atoms with Crippen molar-refractivity contribution >= 4 is 18.0 Å². The number of ether oxygens (including phenoxy) is 1. The molecule has 0 radical (unpaired) electrons. The zero-order valence-corrected chi connectivity index (χ0v) is 11.2. The lowest BCUT2D eigenvalue weighted by atomic mass is 10.2. The number of hydrogen-bond donors (Lipinski definition) is 2. The van der Waals surface area contributed by atoms with E-state index >= 15 is 0 Å². The molecule has 2 N–H and O–H groups in total. The van der Waals surface area contributed by atoms with Gasteiger partial charge < -0.3 is 20.1 Å². The van der Waals surface area contributed by atoms with Crippen LogP contribution in [0.1, 0.15) is 33.1 Å². The van der Waals surface area contributed by atoms with Crippen LogP contribution in [0.4, 0.5) is 4.79 Å². The molecular weight excluding hydrogens is 252 g/mol. The summed E-state index contributed by atoms with van der Waals surface area (Å²) in [5.74, 6) is -1.51. The maximum atomic E-state index is 12.0. The zero-order valence-electron chi connectivity index (χ0n) is 11.2. The van der Waals surface area contributed by atoms with Gasteiger partial charge in [0.1, 0.15) is 12.1 Å². The first-order valence-electron chi connectivity index (χ1n) is 6.47. The van der Waals surface area contributed by atoms with Crippen molar-refractivity contribution in [1.29, 1.82) is 0 Å². The first-order chi connectivity index (χ1) is 9.01. The van der Waals surface area contributed by atoms with Gasteiger partial charge in [-0.15, -0.1) is 0 Å². The summed E-state index contributed by atoms with van der Waals surface area (Å²) in [6.45, 7) is 4.07. The third kappa shape index (κ3) is 3.84. The van der Waals surface area contributed by atoms with E-state index in [0.29, 0.717) is 25.8 Å². The van der Waals surface area contributed by atoms with Crippen LogP contribution < -0.4 is 5.32 Å². The fourth-order valence-corrected chi connectivity index (χ4v) is 2.06. The number of carboxylic acid groups (broad SMARTS) is 1. The Morgan fingerprint density at radius 2 is 2.11 bits per heavy atom. The zero-order chi connectivity index (χ0) is 14.4. The molecule has 7 nitrogen and oxygen atoms in total. The molecule has 0 spiro atoms. The summed E-state index contributed by atoms with van der Waals surface area (Å²) in [5.41, 5.74) is 0. The molecule has 2 atom stereocenters. The fourth-order valence-electron chi connectivity index (χ4n) is 2.06. The average Bonchev–Trinajstić information content (AvgIpc) is 2.84. The van der Waals surface area contributed by atoms with Crippen molar-refractivity contribution in [2.24, 2.45) is 0 Å². The van der Waals surface area contributed by atoms with Crippen LogP contribution in [-0.2, 0) is 14.3 Å². The molecule has 1 rings (SSSR count). The van der Waals surface area contributed by atoms with E-state index in [1.165, 1.54) is 4.90 Å². The summed E-state index contributed by atoms with van der Waals surface area (Å²) >= 11 is 0. The van der Waals surface area contributed by atoms with Gasteiger partial charge in [0, 0.05) is 6.54 Å². The van der Waals surface area contributed by atoms with E-state index in [4.69, 9.17) is 9.84 Å². The number of hydrogen-bond acceptors (Lipinski definition) is 4. The number of carbonyl (C=O) groups excluding carboxylic acids is 2. The molecule has 1 aliphatic heterocycles. The summed E-state index contributed by atoms with van der Waals surface area (Å²) in [5, 5.41) is 11.3. The molecule has 0 aliphatic carbocycles. The Morgan fingerprint density at radius 1 is 1.42 bits per heavy atom. The van der Waals surface area contributed by atoms with Crippen LogP contribution >= 0.6 is 0 Å². The maximum Gasteiger partial charge on any atom is 0.328 e. The lowest BCUT2D eigenvalue weighted by molar-refractivity contribution is -0.147. The lowest BCUT2D eigenvalue weighted by Gasteiger charge is -2.25. The van der Waals surface area contributed by atoms with E-state index < -0.39 is 30.1 Å². The van der Waals surface area contributed by atoms with Crippen molar-refractivity contribution in [3.63, 3.8) is 0 Å². The van der Waals surface area contributed by atoms with Crippen LogP contribution in [0.2, 0.25) is 0 Å². The predicted octanol–water partition coefficient (Wildman–Crippen LogP) is 0.587. The van der Waals surface area contributed by atoms with Crippen molar-refractivity contribution in [3.05, 3.63) is 0 Å². The molecule has 1 saturated heterocycles. The number of aliphatic carboxylic acids is 1. The molecule has 1 fully saturated rings. The van der Waals surface area contributed by atoms with E-state index in [9.17, 15) is 14.4 Å². The number of carboxylic acids is 1. The summed E-state index contributed by atoms with van der Waals surface area (Å²) in [6.07, 6.45) is 1.55. The molecule has 0 bridgehead atoms. The Bertz CT molecular complexity index is 358. The third-order valence-corrected chi connectivity index (χ3v) is 3.08. The summed E-state index contributed by atoms with van der Waals surface area (Å²) in [6, 6.07) is -2.06. The predicted molar refractivity (Wildman–Crippen MR) is 66.6 cm³/mol. The molecule has 7 heteroatoms. The molecule has 0 aromatic carbocycles. The molecule has 0 saturated carbocycles. The van der Waals surface area contributed by atoms with Crippen molar-refractivity contribution in [2.45, 2.75) is 45.2 Å². The number of nitrogens with one attached hydrogen (secondary N) is 1. The monoisotopic (exact) mass is 272 g/mol. The van der Waals surface area contributed by atoms with Gasteiger partial charge in [-0.2, -0.15) is 0 Å². The Labute approximate surface area is 111 Å². The molecule has 108 valence electrons. The van der Waals surface area contributed by atoms with E-state index in [1.54, 1.807) is 13.8 Å². The van der Waals surface area contributed by atoms with Gasteiger partial charge in [0.05, 0.1) is 6.61 Å². The fraction of sp³-hybridized carbons (Fsp3) is 0.750. The largest absolute Gasteiger partial charge is 0.480 e. The summed E-state index contributed by atoms with van der Waals surface area (Å²) in [4.78, 5) is 35.9. The van der Waals surface area contributed by atoms with Crippen LogP contribution in [0.25, 0.3) is 0 Å². The number of rotatable bonds is 5. The molecule has 0 aromatic rings. The minimum Gasteiger partial charge on any atom is -0.480 e. The normalized spacial score (nSPS) is 19.9. The van der Waals surface area contributed by atoms with Gasteiger partial charge in [0.25, 0.3) is 0 Å². The number of carbonyl (C=O) groups is 3. The van der Waals surface area contributed by atoms with Crippen molar-refractivity contribution in [3.8, 4) is 0 Å². The highest BCUT2D eigenvalue weighted by Crippen LogP contribution is 2.18. The van der Waals surface area contributed by atoms with Crippen molar-refractivity contribution in [1.82, 2.24) is 10.2 Å². The lowest BCUT2D eigenvalue weighted by Crippen LogP contribution is -2.51. The van der Waals surface area contributed by atoms with Gasteiger partial charge in [-0.05, 0) is 26.2 Å². The highest BCUT2D eigenvalue weighted by molar-refractivity contribution is 5.87. The van der Waals surface area contributed by atoms with E-state index in [-0.39, 0.29) is 6.61 Å². The van der Waals surface area contributed by atoms with Crippen molar-refractivity contribution in [2.75, 3.05) is 13.2 Å². The molecular formula is C12H20N2O5. The highest BCUT2D eigenvalue weighted by atomic mass is 16.5. The highest BCUT2D eigenvalue weighted by Gasteiger charge is 2.36. The Kier molecular flexibility index (Phi) is 5.59. The minimum absolute atomic E-state index is 0.261. The molecule has 19 heavy (non-hydrogen) atoms. The van der Waals surface area contributed by atoms with E-state index in [0.717, 1.165) is 0 Å². The Balaban J connectivity index is 2.64. The quantitative estimate of drug-likeness (QED) is 0.714. The molecule has 0 aromatic heterocycles. The molecule has 1 heterocycles. The second kappa shape index (κ2) is 6.96. The smallest absolute Gasteiger partial charge is 0.328 e.